The molecule has 0 saturated carbocycles. The summed E-state index contributed by atoms with van der Waals surface area (Å²) in [5.41, 5.74) is 0.115. The molecule has 0 aliphatic rings. The molecule has 0 rings (SSSR count). The largest absolute Gasteiger partial charge is 0.461 e. The van der Waals surface area contributed by atoms with Crippen molar-refractivity contribution >= 4 is 5.97 Å². The summed E-state index contributed by atoms with van der Waals surface area (Å²) in [6.07, 6.45) is 2.37. The van der Waals surface area contributed by atoms with Crippen molar-refractivity contribution in [3.63, 3.8) is 0 Å². The maximum Gasteiger partial charge on any atom is 0.348 e. The van der Waals surface area contributed by atoms with E-state index < -0.39 is 5.97 Å². The topological polar surface area (TPSA) is 50.1 Å². The molecule has 0 aliphatic carbocycles. The fraction of sp³-hybridized carbons (Fsp3) is 0.667. The molecule has 0 spiro atoms. The summed E-state index contributed by atoms with van der Waals surface area (Å²) in [5, 5.41) is 8.76. The molecular weight excluding hydrogens is 190 g/mol. The number of rotatable bonds is 5. The van der Waals surface area contributed by atoms with Crippen molar-refractivity contribution in [3.05, 3.63) is 11.6 Å². The number of hydrogen-bond donors (Lipinski definition) is 0. The molecule has 0 saturated heterocycles. The van der Waals surface area contributed by atoms with Crippen LogP contribution in [0.15, 0.2) is 11.6 Å². The Hall–Kier alpha value is -1.30. The first-order valence-corrected chi connectivity index (χ1v) is 5.24. The maximum absolute atomic E-state index is 11.4. The Kier molecular flexibility index (Phi) is 6.44. The van der Waals surface area contributed by atoms with Crippen LogP contribution in [0.4, 0.5) is 0 Å². The van der Waals surface area contributed by atoms with Crippen molar-refractivity contribution < 1.29 is 9.53 Å². The molecule has 0 unspecified atom stereocenters. The molecule has 0 amide bonds. The van der Waals surface area contributed by atoms with E-state index >= 15 is 0 Å². The summed E-state index contributed by atoms with van der Waals surface area (Å²) in [4.78, 5) is 11.4. The number of esters is 1. The Morgan fingerprint density at radius 1 is 1.33 bits per heavy atom. The van der Waals surface area contributed by atoms with Crippen LogP contribution in [0.25, 0.3) is 0 Å². The minimum Gasteiger partial charge on any atom is -0.461 e. The lowest BCUT2D eigenvalue weighted by molar-refractivity contribution is -0.139. The Bertz CT molecular complexity index is 272. The van der Waals surface area contributed by atoms with E-state index in [0.717, 1.165) is 6.42 Å². The molecule has 0 aromatic heterocycles. The van der Waals surface area contributed by atoms with E-state index in [1.807, 2.05) is 33.8 Å². The molecule has 0 fully saturated rings. The zero-order valence-electron chi connectivity index (χ0n) is 9.91. The Labute approximate surface area is 91.7 Å². The van der Waals surface area contributed by atoms with Crippen molar-refractivity contribution in [3.8, 4) is 6.07 Å². The van der Waals surface area contributed by atoms with Gasteiger partial charge in [-0.2, -0.15) is 5.26 Å². The number of allylic oxidation sites excluding steroid dienone is 1. The first kappa shape index (κ1) is 13.7. The van der Waals surface area contributed by atoms with Gasteiger partial charge in [0, 0.05) is 0 Å². The molecular formula is C12H19NO2. The highest BCUT2D eigenvalue weighted by atomic mass is 16.5. The number of nitrogens with zero attached hydrogens (tertiary/aromatic N) is 1. The van der Waals surface area contributed by atoms with E-state index in [1.54, 1.807) is 6.08 Å². The highest BCUT2D eigenvalue weighted by molar-refractivity contribution is 5.92. The number of ether oxygens (including phenoxy) is 1. The summed E-state index contributed by atoms with van der Waals surface area (Å²) >= 11 is 0. The second-order valence-corrected chi connectivity index (χ2v) is 4.35. The molecule has 84 valence electrons. The van der Waals surface area contributed by atoms with Crippen LogP contribution in [0.5, 0.6) is 0 Å². The quantitative estimate of drug-likeness (QED) is 0.397. The minimum absolute atomic E-state index is 0.115. The van der Waals surface area contributed by atoms with Gasteiger partial charge in [-0.25, -0.2) is 4.79 Å². The molecule has 3 nitrogen and oxygen atoms in total. The highest BCUT2D eigenvalue weighted by Gasteiger charge is 2.10. The Balaban J connectivity index is 4.24. The van der Waals surface area contributed by atoms with Gasteiger partial charge in [0.05, 0.1) is 6.61 Å². The summed E-state index contributed by atoms with van der Waals surface area (Å²) in [6.45, 7) is 8.34. The van der Waals surface area contributed by atoms with Gasteiger partial charge in [-0.1, -0.05) is 33.8 Å². The van der Waals surface area contributed by atoms with Crippen LogP contribution in [-0.2, 0) is 9.53 Å². The van der Waals surface area contributed by atoms with Crippen LogP contribution >= 0.6 is 0 Å². The van der Waals surface area contributed by atoms with Crippen LogP contribution < -0.4 is 0 Å². The van der Waals surface area contributed by atoms with E-state index in [-0.39, 0.29) is 5.57 Å². The first-order chi connectivity index (χ1) is 6.97. The van der Waals surface area contributed by atoms with Crippen molar-refractivity contribution in [2.75, 3.05) is 6.61 Å². The fourth-order valence-corrected chi connectivity index (χ4v) is 0.848. The molecule has 0 aliphatic heterocycles. The van der Waals surface area contributed by atoms with Crippen molar-refractivity contribution in [1.82, 2.24) is 0 Å². The SMILES string of the molecule is CC(C)CC=C(C#N)C(=O)OCC(C)C. The van der Waals surface area contributed by atoms with Gasteiger partial charge in [0.1, 0.15) is 11.6 Å². The van der Waals surface area contributed by atoms with Crippen LogP contribution in [0.3, 0.4) is 0 Å². The lowest BCUT2D eigenvalue weighted by Gasteiger charge is -2.06. The molecule has 0 radical (unpaired) electrons. The average Bonchev–Trinajstić information content (AvgIpc) is 2.15. The smallest absolute Gasteiger partial charge is 0.348 e. The molecule has 0 heterocycles. The zero-order chi connectivity index (χ0) is 11.8. The third-order valence-electron chi connectivity index (χ3n) is 1.68. The van der Waals surface area contributed by atoms with Crippen LogP contribution in [0, 0.1) is 23.2 Å². The van der Waals surface area contributed by atoms with Gasteiger partial charge in [0.2, 0.25) is 0 Å². The predicted octanol–water partition coefficient (Wildman–Crippen LogP) is 2.68. The van der Waals surface area contributed by atoms with E-state index in [1.165, 1.54) is 0 Å². The van der Waals surface area contributed by atoms with E-state index in [0.29, 0.717) is 18.4 Å². The predicted molar refractivity (Wildman–Crippen MR) is 58.9 cm³/mol. The molecule has 0 bridgehead atoms. The zero-order valence-corrected chi connectivity index (χ0v) is 9.91. The van der Waals surface area contributed by atoms with Crippen molar-refractivity contribution in [1.29, 1.82) is 5.26 Å². The minimum atomic E-state index is -0.508. The van der Waals surface area contributed by atoms with Crippen LogP contribution in [-0.4, -0.2) is 12.6 Å². The van der Waals surface area contributed by atoms with Crippen LogP contribution in [0.2, 0.25) is 0 Å². The molecule has 3 heteroatoms. The number of carbonyl (C=O) groups is 1. The number of nitriles is 1. The second-order valence-electron chi connectivity index (χ2n) is 4.35. The van der Waals surface area contributed by atoms with Gasteiger partial charge in [-0.05, 0) is 18.3 Å². The first-order valence-electron chi connectivity index (χ1n) is 5.24. The Morgan fingerprint density at radius 2 is 1.93 bits per heavy atom. The molecule has 0 atom stereocenters. The summed E-state index contributed by atoms with van der Waals surface area (Å²) in [6, 6.07) is 1.87. The van der Waals surface area contributed by atoms with Crippen molar-refractivity contribution in [2.45, 2.75) is 34.1 Å². The van der Waals surface area contributed by atoms with Gasteiger partial charge in [-0.15, -0.1) is 0 Å². The summed E-state index contributed by atoms with van der Waals surface area (Å²) in [5.74, 6) is 0.220. The number of carbonyl (C=O) groups excluding carboxylic acids is 1. The fourth-order valence-electron chi connectivity index (χ4n) is 0.848. The molecule has 0 aromatic rings. The summed E-state index contributed by atoms with van der Waals surface area (Å²) in [7, 11) is 0. The van der Waals surface area contributed by atoms with Gasteiger partial charge < -0.3 is 4.74 Å². The van der Waals surface area contributed by atoms with Gasteiger partial charge in [0.15, 0.2) is 0 Å². The maximum atomic E-state index is 11.4. The Morgan fingerprint density at radius 3 is 2.33 bits per heavy atom. The average molecular weight is 209 g/mol. The van der Waals surface area contributed by atoms with E-state index in [9.17, 15) is 4.79 Å². The monoisotopic (exact) mass is 209 g/mol. The van der Waals surface area contributed by atoms with Crippen LogP contribution in [0.1, 0.15) is 34.1 Å². The van der Waals surface area contributed by atoms with Gasteiger partial charge in [-0.3, -0.25) is 0 Å². The standard InChI is InChI=1S/C12H19NO2/c1-9(2)5-6-11(7-13)12(14)15-8-10(3)4/h6,9-10H,5,8H2,1-4H3. The molecule has 0 N–H and O–H groups in total. The van der Waals surface area contributed by atoms with Crippen molar-refractivity contribution in [2.24, 2.45) is 11.8 Å². The van der Waals surface area contributed by atoms with Gasteiger partial charge >= 0.3 is 5.97 Å². The third-order valence-corrected chi connectivity index (χ3v) is 1.68. The molecule has 15 heavy (non-hydrogen) atoms. The normalized spacial score (nSPS) is 11.7. The van der Waals surface area contributed by atoms with E-state index in [4.69, 9.17) is 10.00 Å². The lowest BCUT2D eigenvalue weighted by atomic mass is 10.1. The van der Waals surface area contributed by atoms with E-state index in [2.05, 4.69) is 0 Å². The second kappa shape index (κ2) is 7.05. The third kappa shape index (κ3) is 6.73. The van der Waals surface area contributed by atoms with Gasteiger partial charge in [0.25, 0.3) is 0 Å². The highest BCUT2D eigenvalue weighted by Crippen LogP contribution is 2.06. The lowest BCUT2D eigenvalue weighted by Crippen LogP contribution is -2.11. The molecule has 0 aromatic carbocycles. The number of hydrogen-bond acceptors (Lipinski definition) is 3. The summed E-state index contributed by atoms with van der Waals surface area (Å²) < 4.78 is 4.96.